The standard InChI is InChI=1S/C15H25NO2/c1-4-5-9-18-15-7-6-13(2)11-14(15)12-16-8-10-17-3/h6-7,11,16H,4-5,8-10,12H2,1-3H3. The van der Waals surface area contributed by atoms with Gasteiger partial charge in [0, 0.05) is 25.8 Å². The second-order valence-electron chi connectivity index (χ2n) is 4.48. The van der Waals surface area contributed by atoms with Gasteiger partial charge in [-0.25, -0.2) is 0 Å². The van der Waals surface area contributed by atoms with Crippen LogP contribution < -0.4 is 10.1 Å². The second kappa shape index (κ2) is 8.95. The van der Waals surface area contributed by atoms with Crippen LogP contribution in [0.15, 0.2) is 18.2 Å². The fourth-order valence-corrected chi connectivity index (χ4v) is 1.71. The van der Waals surface area contributed by atoms with Gasteiger partial charge in [-0.1, -0.05) is 31.0 Å². The molecule has 0 aliphatic carbocycles. The number of benzene rings is 1. The SMILES string of the molecule is CCCCOc1ccc(C)cc1CNCCOC. The van der Waals surface area contributed by atoms with Gasteiger partial charge in [0.15, 0.2) is 0 Å². The summed E-state index contributed by atoms with van der Waals surface area (Å²) >= 11 is 0. The molecule has 0 spiro atoms. The number of methoxy groups -OCH3 is 1. The molecule has 3 nitrogen and oxygen atoms in total. The Morgan fingerprint density at radius 1 is 1.22 bits per heavy atom. The summed E-state index contributed by atoms with van der Waals surface area (Å²) in [4.78, 5) is 0. The molecule has 0 aliphatic rings. The van der Waals surface area contributed by atoms with Gasteiger partial charge in [-0.05, 0) is 19.4 Å². The van der Waals surface area contributed by atoms with Crippen molar-refractivity contribution >= 4 is 0 Å². The molecule has 0 saturated carbocycles. The van der Waals surface area contributed by atoms with E-state index in [4.69, 9.17) is 9.47 Å². The van der Waals surface area contributed by atoms with E-state index in [0.29, 0.717) is 0 Å². The van der Waals surface area contributed by atoms with Crippen LogP contribution in [-0.4, -0.2) is 26.9 Å². The molecule has 0 saturated heterocycles. The van der Waals surface area contributed by atoms with Gasteiger partial charge in [-0.2, -0.15) is 0 Å². The summed E-state index contributed by atoms with van der Waals surface area (Å²) in [6.07, 6.45) is 2.26. The summed E-state index contributed by atoms with van der Waals surface area (Å²) < 4.78 is 10.8. The van der Waals surface area contributed by atoms with E-state index >= 15 is 0 Å². The van der Waals surface area contributed by atoms with E-state index in [2.05, 4.69) is 37.4 Å². The van der Waals surface area contributed by atoms with Crippen molar-refractivity contribution in [2.75, 3.05) is 26.9 Å². The summed E-state index contributed by atoms with van der Waals surface area (Å²) in [6.45, 7) is 7.49. The lowest BCUT2D eigenvalue weighted by Crippen LogP contribution is -2.19. The minimum Gasteiger partial charge on any atom is -0.493 e. The molecule has 0 heterocycles. The smallest absolute Gasteiger partial charge is 0.123 e. The maximum absolute atomic E-state index is 5.82. The molecule has 0 aromatic heterocycles. The van der Waals surface area contributed by atoms with E-state index < -0.39 is 0 Å². The van der Waals surface area contributed by atoms with Crippen molar-refractivity contribution in [1.82, 2.24) is 5.32 Å². The van der Waals surface area contributed by atoms with E-state index in [1.165, 1.54) is 11.1 Å². The van der Waals surface area contributed by atoms with Crippen LogP contribution in [0.25, 0.3) is 0 Å². The van der Waals surface area contributed by atoms with Crippen LogP contribution in [0.5, 0.6) is 5.75 Å². The Kier molecular flexibility index (Phi) is 7.46. The molecule has 18 heavy (non-hydrogen) atoms. The maximum atomic E-state index is 5.82. The molecule has 0 amide bonds. The van der Waals surface area contributed by atoms with Gasteiger partial charge in [0.2, 0.25) is 0 Å². The van der Waals surface area contributed by atoms with Gasteiger partial charge in [0.05, 0.1) is 13.2 Å². The average Bonchev–Trinajstić information content (AvgIpc) is 2.37. The molecule has 102 valence electrons. The van der Waals surface area contributed by atoms with E-state index in [1.54, 1.807) is 7.11 Å². The zero-order chi connectivity index (χ0) is 13.2. The van der Waals surface area contributed by atoms with E-state index in [9.17, 15) is 0 Å². The van der Waals surface area contributed by atoms with Crippen molar-refractivity contribution in [3.63, 3.8) is 0 Å². The molecular formula is C15H25NO2. The van der Waals surface area contributed by atoms with Crippen molar-refractivity contribution < 1.29 is 9.47 Å². The van der Waals surface area contributed by atoms with E-state index in [-0.39, 0.29) is 0 Å². The lowest BCUT2D eigenvalue weighted by Gasteiger charge is -2.13. The predicted octanol–water partition coefficient (Wildman–Crippen LogP) is 2.91. The Balaban J connectivity index is 2.53. The minimum atomic E-state index is 0.734. The molecule has 0 atom stereocenters. The number of nitrogens with one attached hydrogen (secondary N) is 1. The molecule has 0 radical (unpaired) electrons. The number of aryl methyl sites for hydroxylation is 1. The summed E-state index contributed by atoms with van der Waals surface area (Å²) in [5.74, 6) is 0.999. The zero-order valence-electron chi connectivity index (χ0n) is 11.8. The van der Waals surface area contributed by atoms with Crippen molar-refractivity contribution in [2.24, 2.45) is 0 Å². The van der Waals surface area contributed by atoms with E-state index in [1.807, 2.05) is 0 Å². The maximum Gasteiger partial charge on any atom is 0.123 e. The molecule has 3 heteroatoms. The summed E-state index contributed by atoms with van der Waals surface area (Å²) in [6, 6.07) is 6.35. The van der Waals surface area contributed by atoms with Gasteiger partial charge >= 0.3 is 0 Å². The van der Waals surface area contributed by atoms with Gasteiger partial charge in [0.1, 0.15) is 5.75 Å². The highest BCUT2D eigenvalue weighted by atomic mass is 16.5. The first-order valence-corrected chi connectivity index (χ1v) is 6.70. The van der Waals surface area contributed by atoms with Crippen molar-refractivity contribution in [1.29, 1.82) is 0 Å². The van der Waals surface area contributed by atoms with E-state index in [0.717, 1.165) is 44.9 Å². The fraction of sp³-hybridized carbons (Fsp3) is 0.600. The molecule has 0 bridgehead atoms. The van der Waals surface area contributed by atoms with Gasteiger partial charge in [-0.15, -0.1) is 0 Å². The molecule has 1 aromatic rings. The third-order valence-electron chi connectivity index (χ3n) is 2.77. The highest BCUT2D eigenvalue weighted by Crippen LogP contribution is 2.20. The number of unbranched alkanes of at least 4 members (excludes halogenated alkanes) is 1. The Bertz CT molecular complexity index is 339. The molecule has 1 N–H and O–H groups in total. The van der Waals surface area contributed by atoms with Gasteiger partial charge < -0.3 is 14.8 Å². The minimum absolute atomic E-state index is 0.734. The summed E-state index contributed by atoms with van der Waals surface area (Å²) in [5, 5.41) is 3.36. The molecule has 1 aromatic carbocycles. The first-order valence-electron chi connectivity index (χ1n) is 6.70. The molecule has 0 fully saturated rings. The van der Waals surface area contributed by atoms with Crippen molar-refractivity contribution in [3.05, 3.63) is 29.3 Å². The van der Waals surface area contributed by atoms with Crippen LogP contribution in [0.3, 0.4) is 0 Å². The lowest BCUT2D eigenvalue weighted by molar-refractivity contribution is 0.199. The molecule has 0 aliphatic heterocycles. The number of hydrogen-bond acceptors (Lipinski definition) is 3. The lowest BCUT2D eigenvalue weighted by atomic mass is 10.1. The Labute approximate surface area is 110 Å². The number of hydrogen-bond donors (Lipinski definition) is 1. The zero-order valence-corrected chi connectivity index (χ0v) is 11.8. The number of ether oxygens (including phenoxy) is 2. The number of rotatable bonds is 9. The quantitative estimate of drug-likeness (QED) is 0.685. The Morgan fingerprint density at radius 2 is 2.06 bits per heavy atom. The summed E-state index contributed by atoms with van der Waals surface area (Å²) in [5.41, 5.74) is 2.49. The van der Waals surface area contributed by atoms with Crippen LogP contribution in [-0.2, 0) is 11.3 Å². The highest BCUT2D eigenvalue weighted by Gasteiger charge is 2.03. The molecule has 1 rings (SSSR count). The molecule has 0 unspecified atom stereocenters. The summed E-state index contributed by atoms with van der Waals surface area (Å²) in [7, 11) is 1.72. The van der Waals surface area contributed by atoms with Crippen LogP contribution in [0.1, 0.15) is 30.9 Å². The van der Waals surface area contributed by atoms with Crippen LogP contribution in [0.2, 0.25) is 0 Å². The first kappa shape index (κ1) is 15.0. The van der Waals surface area contributed by atoms with Crippen LogP contribution >= 0.6 is 0 Å². The highest BCUT2D eigenvalue weighted by molar-refractivity contribution is 5.36. The third kappa shape index (κ3) is 5.52. The molecular weight excluding hydrogens is 226 g/mol. The van der Waals surface area contributed by atoms with Crippen LogP contribution in [0.4, 0.5) is 0 Å². The normalized spacial score (nSPS) is 10.6. The van der Waals surface area contributed by atoms with Gasteiger partial charge in [0.25, 0.3) is 0 Å². The largest absolute Gasteiger partial charge is 0.493 e. The van der Waals surface area contributed by atoms with Gasteiger partial charge in [-0.3, -0.25) is 0 Å². The Hall–Kier alpha value is -1.06. The monoisotopic (exact) mass is 251 g/mol. The first-order chi connectivity index (χ1) is 8.77. The topological polar surface area (TPSA) is 30.5 Å². The average molecular weight is 251 g/mol. The third-order valence-corrected chi connectivity index (χ3v) is 2.77. The van der Waals surface area contributed by atoms with Crippen molar-refractivity contribution in [3.8, 4) is 5.75 Å². The fourth-order valence-electron chi connectivity index (χ4n) is 1.71. The predicted molar refractivity (Wildman–Crippen MR) is 75.2 cm³/mol. The van der Waals surface area contributed by atoms with Crippen LogP contribution in [0, 0.1) is 6.92 Å². The van der Waals surface area contributed by atoms with Crippen molar-refractivity contribution in [2.45, 2.75) is 33.2 Å². The Morgan fingerprint density at radius 3 is 2.78 bits per heavy atom. The second-order valence-corrected chi connectivity index (χ2v) is 4.48.